The SMILES string of the molecule is Cn1c2c(c(=O)n(C)c1=O)[C@H](c1ccc(-c3ccccc3)cc1)CC(=O)N2. The zero-order valence-corrected chi connectivity index (χ0v) is 15.1. The van der Waals surface area contributed by atoms with Crippen LogP contribution in [0.25, 0.3) is 11.1 Å². The van der Waals surface area contributed by atoms with Gasteiger partial charge < -0.3 is 5.32 Å². The predicted octanol–water partition coefficient (Wildman–Crippen LogP) is 2.23. The predicted molar refractivity (Wildman–Crippen MR) is 104 cm³/mol. The maximum absolute atomic E-state index is 12.8. The Morgan fingerprint density at radius 1 is 0.852 bits per heavy atom. The van der Waals surface area contributed by atoms with Crippen molar-refractivity contribution in [1.29, 1.82) is 0 Å². The minimum Gasteiger partial charge on any atom is -0.312 e. The number of aromatic nitrogens is 2. The van der Waals surface area contributed by atoms with Crippen LogP contribution in [0.3, 0.4) is 0 Å². The van der Waals surface area contributed by atoms with Crippen molar-refractivity contribution >= 4 is 11.7 Å². The van der Waals surface area contributed by atoms with Crippen molar-refractivity contribution in [3.8, 4) is 11.1 Å². The fourth-order valence-electron chi connectivity index (χ4n) is 3.63. The molecular weight excluding hydrogens is 342 g/mol. The lowest BCUT2D eigenvalue weighted by molar-refractivity contribution is -0.116. The summed E-state index contributed by atoms with van der Waals surface area (Å²) >= 11 is 0. The van der Waals surface area contributed by atoms with Gasteiger partial charge in [-0.15, -0.1) is 0 Å². The van der Waals surface area contributed by atoms with Crippen LogP contribution in [0, 0.1) is 0 Å². The van der Waals surface area contributed by atoms with Gasteiger partial charge in [-0.1, -0.05) is 54.6 Å². The molecule has 2 heterocycles. The van der Waals surface area contributed by atoms with E-state index in [4.69, 9.17) is 0 Å². The average molecular weight is 361 g/mol. The van der Waals surface area contributed by atoms with E-state index in [9.17, 15) is 14.4 Å². The Balaban J connectivity index is 1.83. The molecule has 27 heavy (non-hydrogen) atoms. The summed E-state index contributed by atoms with van der Waals surface area (Å²) < 4.78 is 2.40. The van der Waals surface area contributed by atoms with Crippen LogP contribution >= 0.6 is 0 Å². The highest BCUT2D eigenvalue weighted by atomic mass is 16.2. The summed E-state index contributed by atoms with van der Waals surface area (Å²) in [7, 11) is 3.01. The molecule has 0 saturated carbocycles. The number of rotatable bonds is 2. The van der Waals surface area contributed by atoms with Crippen molar-refractivity contribution in [2.24, 2.45) is 14.1 Å². The fraction of sp³-hybridized carbons (Fsp3) is 0.190. The second-order valence-electron chi connectivity index (χ2n) is 6.76. The lowest BCUT2D eigenvalue weighted by atomic mass is 9.86. The molecule has 1 aliphatic heterocycles. The van der Waals surface area contributed by atoms with Gasteiger partial charge in [0.1, 0.15) is 5.82 Å². The Kier molecular flexibility index (Phi) is 4.03. The highest BCUT2D eigenvalue weighted by molar-refractivity contribution is 5.94. The molecule has 0 bridgehead atoms. The number of amides is 1. The van der Waals surface area contributed by atoms with Crippen LogP contribution in [0.5, 0.6) is 0 Å². The van der Waals surface area contributed by atoms with Crippen molar-refractivity contribution < 1.29 is 4.79 Å². The van der Waals surface area contributed by atoms with Crippen molar-refractivity contribution in [3.63, 3.8) is 0 Å². The van der Waals surface area contributed by atoms with Crippen LogP contribution in [0.15, 0.2) is 64.2 Å². The molecule has 2 aromatic carbocycles. The number of fused-ring (bicyclic) bond motifs is 1. The molecule has 6 heteroatoms. The molecule has 4 rings (SSSR count). The summed E-state index contributed by atoms with van der Waals surface area (Å²) in [5, 5.41) is 2.68. The van der Waals surface area contributed by atoms with Gasteiger partial charge in [0.2, 0.25) is 5.91 Å². The van der Waals surface area contributed by atoms with E-state index in [0.29, 0.717) is 5.56 Å². The first-order valence-corrected chi connectivity index (χ1v) is 8.72. The number of carbonyl (C=O) groups is 1. The summed E-state index contributed by atoms with van der Waals surface area (Å²) in [6, 6.07) is 17.9. The van der Waals surface area contributed by atoms with Crippen LogP contribution in [0.4, 0.5) is 5.82 Å². The van der Waals surface area contributed by atoms with E-state index in [1.807, 2.05) is 54.6 Å². The third-order valence-corrected chi connectivity index (χ3v) is 5.12. The minimum absolute atomic E-state index is 0.172. The smallest absolute Gasteiger partial charge is 0.312 e. The summed E-state index contributed by atoms with van der Waals surface area (Å²) in [5.41, 5.74) is 2.66. The monoisotopic (exact) mass is 361 g/mol. The van der Waals surface area contributed by atoms with E-state index in [-0.39, 0.29) is 29.6 Å². The Bertz CT molecular complexity index is 1140. The molecule has 1 aliphatic rings. The maximum Gasteiger partial charge on any atom is 0.332 e. The van der Waals surface area contributed by atoms with Gasteiger partial charge in [-0.25, -0.2) is 4.79 Å². The van der Waals surface area contributed by atoms with Gasteiger partial charge in [0.25, 0.3) is 5.56 Å². The van der Waals surface area contributed by atoms with Crippen LogP contribution in [-0.2, 0) is 18.9 Å². The van der Waals surface area contributed by atoms with E-state index in [1.165, 1.54) is 11.6 Å². The van der Waals surface area contributed by atoms with Crippen molar-refractivity contribution in [1.82, 2.24) is 9.13 Å². The Hall–Kier alpha value is -3.41. The normalized spacial score (nSPS) is 15.9. The van der Waals surface area contributed by atoms with Gasteiger partial charge in [-0.2, -0.15) is 0 Å². The molecule has 0 radical (unpaired) electrons. The maximum atomic E-state index is 12.8. The fourth-order valence-corrected chi connectivity index (χ4v) is 3.63. The molecular formula is C21H19N3O3. The standard InChI is InChI=1S/C21H19N3O3/c1-23-19-18(20(26)24(2)21(23)27)16(12-17(25)22-19)15-10-8-14(9-11-15)13-6-4-3-5-7-13/h3-11,16H,12H2,1-2H3,(H,22,25)/t16-/m0/s1. The highest BCUT2D eigenvalue weighted by Crippen LogP contribution is 2.34. The number of anilines is 1. The number of nitrogens with zero attached hydrogens (tertiary/aromatic N) is 2. The molecule has 6 nitrogen and oxygen atoms in total. The number of carbonyl (C=O) groups excluding carboxylic acids is 1. The van der Waals surface area contributed by atoms with E-state index in [1.54, 1.807) is 7.05 Å². The first kappa shape index (κ1) is 17.0. The number of hydrogen-bond acceptors (Lipinski definition) is 3. The quantitative estimate of drug-likeness (QED) is 0.761. The van der Waals surface area contributed by atoms with Crippen LogP contribution in [0.1, 0.15) is 23.5 Å². The zero-order valence-electron chi connectivity index (χ0n) is 15.1. The molecule has 0 fully saturated rings. The Morgan fingerprint density at radius 2 is 1.48 bits per heavy atom. The molecule has 1 amide bonds. The molecule has 0 saturated heterocycles. The molecule has 1 atom stereocenters. The summed E-state index contributed by atoms with van der Waals surface area (Å²) in [6.45, 7) is 0. The second kappa shape index (κ2) is 6.39. The molecule has 0 spiro atoms. The average Bonchev–Trinajstić information content (AvgIpc) is 2.71. The topological polar surface area (TPSA) is 73.1 Å². The largest absolute Gasteiger partial charge is 0.332 e. The first-order chi connectivity index (χ1) is 13.0. The van der Waals surface area contributed by atoms with E-state index in [0.717, 1.165) is 21.3 Å². The number of hydrogen-bond donors (Lipinski definition) is 1. The molecule has 3 aromatic rings. The van der Waals surface area contributed by atoms with Crippen LogP contribution < -0.4 is 16.6 Å². The van der Waals surface area contributed by atoms with Crippen molar-refractivity contribution in [2.75, 3.05) is 5.32 Å². The zero-order chi connectivity index (χ0) is 19.1. The number of benzene rings is 2. The van der Waals surface area contributed by atoms with Gasteiger partial charge in [-0.05, 0) is 16.7 Å². The lowest BCUT2D eigenvalue weighted by Crippen LogP contribution is -2.44. The van der Waals surface area contributed by atoms with E-state index >= 15 is 0 Å². The summed E-state index contributed by atoms with van der Waals surface area (Å²) in [5.74, 6) is -0.302. The lowest BCUT2D eigenvalue weighted by Gasteiger charge is -2.27. The van der Waals surface area contributed by atoms with Gasteiger partial charge in [0.05, 0.1) is 5.56 Å². The molecule has 0 unspecified atom stereocenters. The van der Waals surface area contributed by atoms with Crippen LogP contribution in [-0.4, -0.2) is 15.0 Å². The molecule has 1 N–H and O–H groups in total. The molecule has 0 aliphatic carbocycles. The summed E-state index contributed by atoms with van der Waals surface area (Å²) in [6.07, 6.45) is 0.172. The first-order valence-electron chi connectivity index (χ1n) is 8.72. The second-order valence-corrected chi connectivity index (χ2v) is 6.76. The van der Waals surface area contributed by atoms with E-state index in [2.05, 4.69) is 5.32 Å². The van der Waals surface area contributed by atoms with Gasteiger partial charge in [0.15, 0.2) is 0 Å². The Morgan fingerprint density at radius 3 is 2.15 bits per heavy atom. The third kappa shape index (κ3) is 2.79. The number of nitrogens with one attached hydrogen (secondary N) is 1. The van der Waals surface area contributed by atoms with Crippen molar-refractivity contribution in [3.05, 3.63) is 86.6 Å². The van der Waals surface area contributed by atoms with Gasteiger partial charge in [0, 0.05) is 26.4 Å². The van der Waals surface area contributed by atoms with Crippen molar-refractivity contribution in [2.45, 2.75) is 12.3 Å². The molecule has 1 aromatic heterocycles. The van der Waals surface area contributed by atoms with Crippen LogP contribution in [0.2, 0.25) is 0 Å². The Labute approximate surface area is 155 Å². The summed E-state index contributed by atoms with van der Waals surface area (Å²) in [4.78, 5) is 37.2. The highest BCUT2D eigenvalue weighted by Gasteiger charge is 2.32. The minimum atomic E-state index is -0.459. The van der Waals surface area contributed by atoms with Gasteiger partial charge >= 0.3 is 5.69 Å². The van der Waals surface area contributed by atoms with Gasteiger partial charge in [-0.3, -0.25) is 18.7 Å². The van der Waals surface area contributed by atoms with E-state index < -0.39 is 5.69 Å². The third-order valence-electron chi connectivity index (χ3n) is 5.12. The molecule has 136 valence electrons.